The predicted molar refractivity (Wildman–Crippen MR) is 85.8 cm³/mol. The molecular formula is C14H18BrClN2O2. The Morgan fingerprint density at radius 3 is 2.95 bits per heavy atom. The van der Waals surface area contributed by atoms with E-state index in [1.165, 1.54) is 5.57 Å². The zero-order valence-corrected chi connectivity index (χ0v) is 13.6. The van der Waals surface area contributed by atoms with E-state index in [1.54, 1.807) is 19.2 Å². The Hall–Kier alpha value is -1.04. The number of amides is 1. The molecule has 6 heteroatoms. The molecule has 2 N–H and O–H groups in total. The van der Waals surface area contributed by atoms with Gasteiger partial charge in [0.25, 0.3) is 5.91 Å². The number of nitrogens with one attached hydrogen (secondary N) is 2. The highest BCUT2D eigenvalue weighted by molar-refractivity contribution is 9.10. The summed E-state index contributed by atoms with van der Waals surface area (Å²) in [4.78, 5) is 12.1. The van der Waals surface area contributed by atoms with Gasteiger partial charge in [0.2, 0.25) is 0 Å². The molecule has 1 aromatic rings. The molecule has 1 aromatic carbocycles. The maximum Gasteiger partial charge on any atom is 0.255 e. The van der Waals surface area contributed by atoms with Crippen LogP contribution in [0.15, 0.2) is 34.3 Å². The number of carbonyl (C=O) groups excluding carboxylic acids is 1. The van der Waals surface area contributed by atoms with Crippen LogP contribution in [0.25, 0.3) is 0 Å². The van der Waals surface area contributed by atoms with Gasteiger partial charge in [-0.25, -0.2) is 0 Å². The van der Waals surface area contributed by atoms with Gasteiger partial charge in [0.15, 0.2) is 0 Å². The molecule has 0 saturated carbocycles. The summed E-state index contributed by atoms with van der Waals surface area (Å²) in [6, 6.07) is 5.38. The average molecular weight is 362 g/mol. The van der Waals surface area contributed by atoms with E-state index in [0.29, 0.717) is 17.9 Å². The summed E-state index contributed by atoms with van der Waals surface area (Å²) >= 11 is 3.36. The fraction of sp³-hybridized carbons (Fsp3) is 0.357. The van der Waals surface area contributed by atoms with Crippen molar-refractivity contribution in [3.63, 3.8) is 0 Å². The van der Waals surface area contributed by atoms with Crippen LogP contribution in [0.1, 0.15) is 16.8 Å². The second kappa shape index (κ2) is 8.29. The van der Waals surface area contributed by atoms with Gasteiger partial charge >= 0.3 is 0 Å². The molecule has 0 bridgehead atoms. The molecule has 2 rings (SSSR count). The van der Waals surface area contributed by atoms with Gasteiger partial charge in [-0.2, -0.15) is 0 Å². The number of halogens is 2. The molecule has 20 heavy (non-hydrogen) atoms. The van der Waals surface area contributed by atoms with Crippen molar-refractivity contribution in [1.82, 2.24) is 10.6 Å². The van der Waals surface area contributed by atoms with Crippen molar-refractivity contribution < 1.29 is 9.53 Å². The zero-order chi connectivity index (χ0) is 13.7. The van der Waals surface area contributed by atoms with Gasteiger partial charge < -0.3 is 15.4 Å². The van der Waals surface area contributed by atoms with Crippen LogP contribution in [0.5, 0.6) is 5.75 Å². The molecule has 0 aliphatic carbocycles. The third kappa shape index (κ3) is 4.51. The maximum absolute atomic E-state index is 12.1. The highest BCUT2D eigenvalue weighted by Gasteiger charge is 2.13. The van der Waals surface area contributed by atoms with Crippen LogP contribution in [-0.4, -0.2) is 32.7 Å². The summed E-state index contributed by atoms with van der Waals surface area (Å²) in [5, 5.41) is 6.18. The van der Waals surface area contributed by atoms with Crippen molar-refractivity contribution in [1.29, 1.82) is 0 Å². The van der Waals surface area contributed by atoms with E-state index < -0.39 is 0 Å². The highest BCUT2D eigenvalue weighted by Crippen LogP contribution is 2.23. The van der Waals surface area contributed by atoms with Gasteiger partial charge in [0.05, 0.1) is 12.7 Å². The van der Waals surface area contributed by atoms with Crippen LogP contribution in [0, 0.1) is 0 Å². The quantitative estimate of drug-likeness (QED) is 0.810. The van der Waals surface area contributed by atoms with Gasteiger partial charge in [-0.3, -0.25) is 4.79 Å². The monoisotopic (exact) mass is 360 g/mol. The van der Waals surface area contributed by atoms with E-state index in [0.717, 1.165) is 24.0 Å². The first kappa shape index (κ1) is 17.0. The Kier molecular flexibility index (Phi) is 7.05. The first-order chi connectivity index (χ1) is 9.20. The molecule has 0 radical (unpaired) electrons. The molecule has 1 aliphatic rings. The van der Waals surface area contributed by atoms with Crippen LogP contribution >= 0.6 is 28.3 Å². The van der Waals surface area contributed by atoms with E-state index in [4.69, 9.17) is 4.74 Å². The minimum atomic E-state index is -0.108. The molecule has 0 atom stereocenters. The Morgan fingerprint density at radius 2 is 2.30 bits per heavy atom. The topological polar surface area (TPSA) is 50.4 Å². The minimum Gasteiger partial charge on any atom is -0.496 e. The summed E-state index contributed by atoms with van der Waals surface area (Å²) in [7, 11) is 1.56. The lowest BCUT2D eigenvalue weighted by Gasteiger charge is -2.15. The highest BCUT2D eigenvalue weighted by atomic mass is 79.9. The maximum atomic E-state index is 12.1. The number of rotatable bonds is 4. The van der Waals surface area contributed by atoms with Crippen LogP contribution in [-0.2, 0) is 0 Å². The van der Waals surface area contributed by atoms with E-state index in [1.807, 2.05) is 6.07 Å². The number of ether oxygens (including phenoxy) is 1. The van der Waals surface area contributed by atoms with Crippen molar-refractivity contribution in [3.8, 4) is 5.75 Å². The van der Waals surface area contributed by atoms with Crippen LogP contribution in [0.3, 0.4) is 0 Å². The van der Waals surface area contributed by atoms with E-state index >= 15 is 0 Å². The van der Waals surface area contributed by atoms with Gasteiger partial charge in [-0.05, 0) is 31.2 Å². The third-order valence-corrected chi connectivity index (χ3v) is 3.54. The summed E-state index contributed by atoms with van der Waals surface area (Å²) in [5.74, 6) is 0.468. The standard InChI is InChI=1S/C14H17BrN2O2.ClH/c1-19-13-8-11(15)2-3-12(13)14(18)17-9-10-4-6-16-7-5-10;/h2-4,8,16H,5-7,9H2,1H3,(H,17,18);1H. The molecule has 0 unspecified atom stereocenters. The van der Waals surface area contributed by atoms with Crippen LogP contribution in [0.2, 0.25) is 0 Å². The SMILES string of the molecule is COc1cc(Br)ccc1C(=O)NCC1=CCNCC1.Cl. The van der Waals surface area contributed by atoms with Gasteiger partial charge in [-0.15, -0.1) is 12.4 Å². The minimum absolute atomic E-state index is 0. The van der Waals surface area contributed by atoms with E-state index in [9.17, 15) is 4.79 Å². The Balaban J connectivity index is 0.00000200. The summed E-state index contributed by atoms with van der Waals surface area (Å²) < 4.78 is 6.11. The molecule has 0 saturated heterocycles. The molecule has 1 aliphatic heterocycles. The lowest BCUT2D eigenvalue weighted by molar-refractivity contribution is 0.0953. The summed E-state index contributed by atoms with van der Waals surface area (Å²) in [6.07, 6.45) is 3.11. The van der Waals surface area contributed by atoms with Crippen LogP contribution < -0.4 is 15.4 Å². The summed E-state index contributed by atoms with van der Waals surface area (Å²) in [6.45, 7) is 2.45. The van der Waals surface area contributed by atoms with E-state index in [2.05, 4.69) is 32.6 Å². The van der Waals surface area contributed by atoms with Crippen molar-refractivity contribution in [2.75, 3.05) is 26.7 Å². The van der Waals surface area contributed by atoms with Crippen molar-refractivity contribution in [2.45, 2.75) is 6.42 Å². The number of carbonyl (C=O) groups is 1. The molecule has 110 valence electrons. The molecule has 0 spiro atoms. The summed E-state index contributed by atoms with van der Waals surface area (Å²) in [5.41, 5.74) is 1.82. The lowest BCUT2D eigenvalue weighted by atomic mass is 10.1. The second-order valence-corrected chi connectivity index (χ2v) is 5.26. The molecular weight excluding hydrogens is 344 g/mol. The molecule has 1 amide bonds. The Bertz CT molecular complexity index is 506. The number of methoxy groups -OCH3 is 1. The third-order valence-electron chi connectivity index (χ3n) is 3.04. The van der Waals surface area contributed by atoms with Crippen molar-refractivity contribution >= 4 is 34.2 Å². The smallest absolute Gasteiger partial charge is 0.255 e. The van der Waals surface area contributed by atoms with E-state index in [-0.39, 0.29) is 18.3 Å². The van der Waals surface area contributed by atoms with Crippen LogP contribution in [0.4, 0.5) is 0 Å². The molecule has 0 fully saturated rings. The second-order valence-electron chi connectivity index (χ2n) is 4.34. The molecule has 1 heterocycles. The van der Waals surface area contributed by atoms with Gasteiger partial charge in [0, 0.05) is 17.6 Å². The lowest BCUT2D eigenvalue weighted by Crippen LogP contribution is -2.29. The fourth-order valence-electron chi connectivity index (χ4n) is 1.97. The average Bonchev–Trinajstić information content (AvgIpc) is 2.45. The molecule has 0 aromatic heterocycles. The molecule has 4 nitrogen and oxygen atoms in total. The van der Waals surface area contributed by atoms with Gasteiger partial charge in [0.1, 0.15) is 5.75 Å². The largest absolute Gasteiger partial charge is 0.496 e. The fourth-order valence-corrected chi connectivity index (χ4v) is 2.31. The zero-order valence-electron chi connectivity index (χ0n) is 11.2. The number of benzene rings is 1. The van der Waals surface area contributed by atoms with Gasteiger partial charge in [-0.1, -0.05) is 27.6 Å². The number of hydrogen-bond donors (Lipinski definition) is 2. The Morgan fingerprint density at radius 1 is 1.50 bits per heavy atom. The van der Waals surface area contributed by atoms with Crippen molar-refractivity contribution in [3.05, 3.63) is 39.9 Å². The number of hydrogen-bond acceptors (Lipinski definition) is 3. The van der Waals surface area contributed by atoms with Crippen molar-refractivity contribution in [2.24, 2.45) is 0 Å². The first-order valence-electron chi connectivity index (χ1n) is 6.21. The normalized spacial score (nSPS) is 14.0. The first-order valence-corrected chi connectivity index (χ1v) is 7.00. The Labute approximate surface area is 133 Å². The predicted octanol–water partition coefficient (Wildman–Crippen LogP) is 2.53.